The molecule has 2 rings (SSSR count). The number of rotatable bonds is 4. The third kappa shape index (κ3) is 2.48. The van der Waals surface area contributed by atoms with Crippen LogP contribution in [0.25, 0.3) is 5.69 Å². The third-order valence-corrected chi connectivity index (χ3v) is 2.87. The molecule has 0 fully saturated rings. The fraction of sp³-hybridized carbons (Fsp3) is 0.273. The molecule has 0 aliphatic carbocycles. The van der Waals surface area contributed by atoms with Crippen LogP contribution in [0.3, 0.4) is 0 Å². The van der Waals surface area contributed by atoms with Crippen molar-refractivity contribution in [3.63, 3.8) is 0 Å². The van der Waals surface area contributed by atoms with Crippen molar-refractivity contribution in [2.24, 2.45) is 0 Å². The Morgan fingerprint density at radius 2 is 2.19 bits per heavy atom. The van der Waals surface area contributed by atoms with E-state index in [2.05, 4.69) is 38.5 Å². The van der Waals surface area contributed by atoms with Crippen molar-refractivity contribution in [1.29, 1.82) is 0 Å². The highest BCUT2D eigenvalue weighted by atomic mass is 79.9. The van der Waals surface area contributed by atoms with Crippen molar-refractivity contribution >= 4 is 15.9 Å². The van der Waals surface area contributed by atoms with Crippen LogP contribution >= 0.6 is 15.9 Å². The molecule has 1 heterocycles. The van der Waals surface area contributed by atoms with E-state index < -0.39 is 0 Å². The van der Waals surface area contributed by atoms with Crippen molar-refractivity contribution in [2.75, 3.05) is 6.54 Å². The van der Waals surface area contributed by atoms with Crippen molar-refractivity contribution < 1.29 is 0 Å². The second-order valence-electron chi connectivity index (χ2n) is 3.39. The molecule has 0 aliphatic heterocycles. The van der Waals surface area contributed by atoms with E-state index in [-0.39, 0.29) is 0 Å². The molecule has 0 atom stereocenters. The summed E-state index contributed by atoms with van der Waals surface area (Å²) in [5, 5.41) is 11.4. The van der Waals surface area contributed by atoms with Crippen LogP contribution in [0.15, 0.2) is 34.9 Å². The fourth-order valence-electron chi connectivity index (χ4n) is 1.39. The predicted octanol–water partition coefficient (Wildman–Crippen LogP) is 2.14. The highest BCUT2D eigenvalue weighted by Crippen LogP contribution is 2.19. The number of benzene rings is 1. The quantitative estimate of drug-likeness (QED) is 0.933. The molecule has 4 nitrogen and oxygen atoms in total. The Labute approximate surface area is 103 Å². The summed E-state index contributed by atoms with van der Waals surface area (Å²) >= 11 is 3.49. The van der Waals surface area contributed by atoms with E-state index >= 15 is 0 Å². The summed E-state index contributed by atoms with van der Waals surface area (Å²) in [7, 11) is 0. The fourth-order valence-corrected chi connectivity index (χ4v) is 1.85. The average molecular weight is 281 g/mol. The minimum atomic E-state index is 0.751. The molecule has 0 radical (unpaired) electrons. The lowest BCUT2D eigenvalue weighted by molar-refractivity contribution is 0.705. The van der Waals surface area contributed by atoms with Gasteiger partial charge in [-0.15, -0.1) is 5.10 Å². The maximum absolute atomic E-state index is 4.10. The molecule has 16 heavy (non-hydrogen) atoms. The summed E-state index contributed by atoms with van der Waals surface area (Å²) in [5.41, 5.74) is 1.94. The lowest BCUT2D eigenvalue weighted by atomic mass is 10.3. The first-order valence-electron chi connectivity index (χ1n) is 5.18. The van der Waals surface area contributed by atoms with E-state index in [0.29, 0.717) is 0 Å². The van der Waals surface area contributed by atoms with Crippen LogP contribution in [0, 0.1) is 0 Å². The van der Waals surface area contributed by atoms with Crippen LogP contribution in [0.4, 0.5) is 0 Å². The van der Waals surface area contributed by atoms with Crippen LogP contribution in [-0.4, -0.2) is 21.5 Å². The maximum Gasteiger partial charge on any atom is 0.0969 e. The SMILES string of the molecule is CCNCc1cn(-c2ccccc2Br)nn1. The second-order valence-corrected chi connectivity index (χ2v) is 4.24. The Morgan fingerprint density at radius 3 is 2.94 bits per heavy atom. The number of nitrogens with one attached hydrogen (secondary N) is 1. The summed E-state index contributed by atoms with van der Waals surface area (Å²) < 4.78 is 2.78. The molecule has 1 aromatic heterocycles. The largest absolute Gasteiger partial charge is 0.311 e. The number of nitrogens with zero attached hydrogens (tertiary/aromatic N) is 3. The number of aromatic nitrogens is 3. The van der Waals surface area contributed by atoms with Gasteiger partial charge in [-0.1, -0.05) is 24.3 Å². The first kappa shape index (κ1) is 11.3. The number of hydrogen-bond acceptors (Lipinski definition) is 3. The maximum atomic E-state index is 4.10. The van der Waals surface area contributed by atoms with E-state index in [4.69, 9.17) is 0 Å². The molecule has 0 unspecified atom stereocenters. The highest BCUT2D eigenvalue weighted by Gasteiger charge is 2.04. The Hall–Kier alpha value is -1.20. The lowest BCUT2D eigenvalue weighted by Gasteiger charge is -2.01. The van der Waals surface area contributed by atoms with Crippen LogP contribution in [0.1, 0.15) is 12.6 Å². The Bertz CT molecular complexity index is 467. The zero-order valence-electron chi connectivity index (χ0n) is 9.02. The molecule has 1 N–H and O–H groups in total. The monoisotopic (exact) mass is 280 g/mol. The molecule has 84 valence electrons. The van der Waals surface area contributed by atoms with Gasteiger partial charge in [-0.3, -0.25) is 0 Å². The summed E-state index contributed by atoms with van der Waals surface area (Å²) in [6.07, 6.45) is 1.93. The molecule has 5 heteroatoms. The summed E-state index contributed by atoms with van der Waals surface area (Å²) in [5.74, 6) is 0. The summed E-state index contributed by atoms with van der Waals surface area (Å²) in [4.78, 5) is 0. The van der Waals surface area contributed by atoms with E-state index in [0.717, 1.165) is 28.9 Å². The van der Waals surface area contributed by atoms with E-state index in [1.807, 2.05) is 30.5 Å². The third-order valence-electron chi connectivity index (χ3n) is 2.20. The van der Waals surface area contributed by atoms with Gasteiger partial charge in [-0.25, -0.2) is 4.68 Å². The topological polar surface area (TPSA) is 42.7 Å². The molecule has 0 amide bonds. The van der Waals surface area contributed by atoms with Gasteiger partial charge in [0, 0.05) is 11.0 Å². The predicted molar refractivity (Wildman–Crippen MR) is 66.4 cm³/mol. The molecule has 0 bridgehead atoms. The van der Waals surface area contributed by atoms with Gasteiger partial charge in [0.05, 0.1) is 17.6 Å². The minimum absolute atomic E-state index is 0.751. The normalized spacial score (nSPS) is 10.6. The molecule has 0 saturated carbocycles. The van der Waals surface area contributed by atoms with Gasteiger partial charge < -0.3 is 5.32 Å². The van der Waals surface area contributed by atoms with Crippen LogP contribution in [-0.2, 0) is 6.54 Å². The minimum Gasteiger partial charge on any atom is -0.311 e. The van der Waals surface area contributed by atoms with E-state index in [1.165, 1.54) is 0 Å². The zero-order chi connectivity index (χ0) is 11.4. The number of hydrogen-bond donors (Lipinski definition) is 1. The van der Waals surface area contributed by atoms with Crippen LogP contribution in [0.2, 0.25) is 0 Å². The van der Waals surface area contributed by atoms with Gasteiger partial charge in [0.2, 0.25) is 0 Å². The number of para-hydroxylation sites is 1. The zero-order valence-corrected chi connectivity index (χ0v) is 10.6. The highest BCUT2D eigenvalue weighted by molar-refractivity contribution is 9.10. The average Bonchev–Trinajstić information content (AvgIpc) is 2.75. The molecular weight excluding hydrogens is 268 g/mol. The van der Waals surface area contributed by atoms with Crippen molar-refractivity contribution in [3.8, 4) is 5.69 Å². The van der Waals surface area contributed by atoms with Crippen molar-refractivity contribution in [3.05, 3.63) is 40.6 Å². The van der Waals surface area contributed by atoms with Gasteiger partial charge in [0.1, 0.15) is 0 Å². The first-order chi connectivity index (χ1) is 7.81. The van der Waals surface area contributed by atoms with E-state index in [1.54, 1.807) is 4.68 Å². The van der Waals surface area contributed by atoms with Gasteiger partial charge in [-0.05, 0) is 34.6 Å². The lowest BCUT2D eigenvalue weighted by Crippen LogP contribution is -2.11. The Kier molecular flexibility index (Phi) is 3.69. The van der Waals surface area contributed by atoms with Gasteiger partial charge in [0.15, 0.2) is 0 Å². The Balaban J connectivity index is 2.22. The smallest absolute Gasteiger partial charge is 0.0969 e. The standard InChI is InChI=1S/C11H13BrN4/c1-2-13-7-9-8-16(15-14-9)11-6-4-3-5-10(11)12/h3-6,8,13H,2,7H2,1H3. The second kappa shape index (κ2) is 5.23. The van der Waals surface area contributed by atoms with Gasteiger partial charge >= 0.3 is 0 Å². The molecular formula is C11H13BrN4. The van der Waals surface area contributed by atoms with E-state index in [9.17, 15) is 0 Å². The van der Waals surface area contributed by atoms with Crippen molar-refractivity contribution in [2.45, 2.75) is 13.5 Å². The number of halogens is 1. The van der Waals surface area contributed by atoms with Gasteiger partial charge in [-0.2, -0.15) is 0 Å². The first-order valence-corrected chi connectivity index (χ1v) is 5.97. The molecule has 0 aliphatic rings. The molecule has 0 spiro atoms. The van der Waals surface area contributed by atoms with Crippen LogP contribution < -0.4 is 5.32 Å². The summed E-state index contributed by atoms with van der Waals surface area (Å²) in [6, 6.07) is 7.94. The van der Waals surface area contributed by atoms with Crippen molar-refractivity contribution in [1.82, 2.24) is 20.3 Å². The van der Waals surface area contributed by atoms with Gasteiger partial charge in [0.25, 0.3) is 0 Å². The molecule has 1 aromatic carbocycles. The summed E-state index contributed by atoms with van der Waals surface area (Å²) in [6.45, 7) is 3.75. The molecule has 0 saturated heterocycles. The van der Waals surface area contributed by atoms with Crippen LogP contribution in [0.5, 0.6) is 0 Å². The Morgan fingerprint density at radius 1 is 1.38 bits per heavy atom. The molecule has 2 aromatic rings.